The number of carboxylic acid groups (broad SMARTS) is 1. The number of aliphatic carboxylic acids is 1. The molecule has 118 valence electrons. The molecule has 4 nitrogen and oxygen atoms in total. The Balaban J connectivity index is 1.73. The number of amides is 1. The summed E-state index contributed by atoms with van der Waals surface area (Å²) in [7, 11) is 0. The van der Waals surface area contributed by atoms with Crippen molar-refractivity contribution >= 4 is 11.9 Å². The number of carbonyl (C=O) groups is 2. The summed E-state index contributed by atoms with van der Waals surface area (Å²) in [6.07, 6.45) is 4.45. The van der Waals surface area contributed by atoms with Crippen molar-refractivity contribution in [1.29, 1.82) is 0 Å². The number of nitrogens with one attached hydrogen (secondary N) is 1. The summed E-state index contributed by atoms with van der Waals surface area (Å²) in [6, 6.07) is 3.02. The van der Waals surface area contributed by atoms with Gasteiger partial charge in [0.25, 0.3) is 0 Å². The maximum Gasteiger partial charge on any atom is 0.330 e. The lowest BCUT2D eigenvalue weighted by molar-refractivity contribution is -0.142. The van der Waals surface area contributed by atoms with Crippen LogP contribution < -0.4 is 5.32 Å². The molecule has 0 spiro atoms. The van der Waals surface area contributed by atoms with Crippen LogP contribution in [0.5, 0.6) is 0 Å². The predicted molar refractivity (Wildman–Crippen MR) is 78.6 cm³/mol. The molecule has 3 unspecified atom stereocenters. The van der Waals surface area contributed by atoms with Gasteiger partial charge >= 0.3 is 5.97 Å². The van der Waals surface area contributed by atoms with Gasteiger partial charge in [-0.15, -0.1) is 0 Å². The zero-order valence-corrected chi connectivity index (χ0v) is 12.5. The van der Waals surface area contributed by atoms with Crippen molar-refractivity contribution in [2.24, 2.45) is 17.8 Å². The van der Waals surface area contributed by atoms with E-state index in [1.807, 2.05) is 0 Å². The van der Waals surface area contributed by atoms with Crippen LogP contribution in [0.15, 0.2) is 18.2 Å². The highest BCUT2D eigenvalue weighted by Crippen LogP contribution is 2.55. The molecular formula is C17H20FNO3. The Morgan fingerprint density at radius 3 is 2.45 bits per heavy atom. The van der Waals surface area contributed by atoms with Crippen molar-refractivity contribution in [3.05, 3.63) is 35.1 Å². The van der Waals surface area contributed by atoms with Crippen molar-refractivity contribution < 1.29 is 19.1 Å². The van der Waals surface area contributed by atoms with Crippen LogP contribution in [0, 0.1) is 30.5 Å². The first-order valence-corrected chi connectivity index (χ1v) is 7.78. The molecule has 2 saturated carbocycles. The highest BCUT2D eigenvalue weighted by molar-refractivity contribution is 5.87. The molecule has 0 saturated heterocycles. The Kier molecular flexibility index (Phi) is 3.89. The average molecular weight is 305 g/mol. The molecule has 3 rings (SSSR count). The van der Waals surface area contributed by atoms with Crippen LogP contribution in [0.25, 0.3) is 0 Å². The second kappa shape index (κ2) is 5.71. The van der Waals surface area contributed by atoms with Crippen LogP contribution in [0.1, 0.15) is 42.9 Å². The molecule has 0 aliphatic heterocycles. The lowest BCUT2D eigenvalue weighted by atomic mass is 10.0. The van der Waals surface area contributed by atoms with Crippen LogP contribution in [0.2, 0.25) is 0 Å². The zero-order chi connectivity index (χ0) is 15.9. The molecule has 1 amide bonds. The normalized spacial score (nSPS) is 27.6. The quantitative estimate of drug-likeness (QED) is 0.899. The largest absolute Gasteiger partial charge is 0.479 e. The second-order valence-corrected chi connectivity index (χ2v) is 6.43. The van der Waals surface area contributed by atoms with Crippen molar-refractivity contribution in [2.75, 3.05) is 0 Å². The van der Waals surface area contributed by atoms with Gasteiger partial charge in [-0.2, -0.15) is 0 Å². The Hall–Kier alpha value is -1.91. The highest BCUT2D eigenvalue weighted by Gasteiger charge is 2.55. The molecule has 1 aromatic carbocycles. The third-order valence-corrected chi connectivity index (χ3v) is 5.01. The number of rotatable bonds is 4. The smallest absolute Gasteiger partial charge is 0.330 e. The second-order valence-electron chi connectivity index (χ2n) is 6.43. The van der Waals surface area contributed by atoms with Gasteiger partial charge in [-0.25, -0.2) is 9.18 Å². The van der Waals surface area contributed by atoms with Gasteiger partial charge < -0.3 is 10.4 Å². The number of hydrogen-bond donors (Lipinski definition) is 2. The number of carboxylic acids is 1. The molecule has 1 aromatic rings. The van der Waals surface area contributed by atoms with Crippen LogP contribution >= 0.6 is 0 Å². The van der Waals surface area contributed by atoms with E-state index < -0.39 is 12.0 Å². The summed E-state index contributed by atoms with van der Waals surface area (Å²) in [5, 5.41) is 12.0. The van der Waals surface area contributed by atoms with Crippen LogP contribution in [-0.4, -0.2) is 17.0 Å². The van der Waals surface area contributed by atoms with Crippen LogP contribution in [0.3, 0.4) is 0 Å². The molecule has 0 radical (unpaired) electrons. The van der Waals surface area contributed by atoms with Crippen molar-refractivity contribution in [3.8, 4) is 0 Å². The van der Waals surface area contributed by atoms with Gasteiger partial charge in [0, 0.05) is 5.92 Å². The van der Waals surface area contributed by atoms with E-state index >= 15 is 0 Å². The maximum atomic E-state index is 13.3. The first-order chi connectivity index (χ1) is 10.5. The summed E-state index contributed by atoms with van der Waals surface area (Å²) in [6.45, 7) is 1.58. The van der Waals surface area contributed by atoms with Gasteiger partial charge in [-0.05, 0) is 48.8 Å². The van der Waals surface area contributed by atoms with E-state index in [-0.39, 0.29) is 17.6 Å². The van der Waals surface area contributed by atoms with Gasteiger partial charge in [0.2, 0.25) is 5.91 Å². The minimum absolute atomic E-state index is 0.0362. The number of halogens is 1. The van der Waals surface area contributed by atoms with E-state index in [0.717, 1.165) is 25.7 Å². The van der Waals surface area contributed by atoms with Crippen molar-refractivity contribution in [2.45, 2.75) is 38.6 Å². The first-order valence-electron chi connectivity index (χ1n) is 7.78. The fraction of sp³-hybridized carbons (Fsp3) is 0.529. The molecule has 2 aliphatic rings. The van der Waals surface area contributed by atoms with Crippen molar-refractivity contribution in [1.82, 2.24) is 5.32 Å². The fourth-order valence-electron chi connectivity index (χ4n) is 3.75. The number of benzene rings is 1. The fourth-order valence-corrected chi connectivity index (χ4v) is 3.75. The Morgan fingerprint density at radius 2 is 1.91 bits per heavy atom. The first kappa shape index (κ1) is 15.0. The Bertz CT molecular complexity index is 604. The van der Waals surface area contributed by atoms with Crippen molar-refractivity contribution in [3.63, 3.8) is 0 Å². The Morgan fingerprint density at radius 1 is 1.27 bits per heavy atom. The van der Waals surface area contributed by atoms with E-state index in [9.17, 15) is 19.1 Å². The molecule has 2 aliphatic carbocycles. The van der Waals surface area contributed by atoms with Gasteiger partial charge in [0.15, 0.2) is 6.04 Å². The van der Waals surface area contributed by atoms with Gasteiger partial charge in [-0.3, -0.25) is 4.79 Å². The van der Waals surface area contributed by atoms with Gasteiger partial charge in [0.1, 0.15) is 5.82 Å². The third-order valence-electron chi connectivity index (χ3n) is 5.01. The standard InChI is InChI=1S/C17H20FNO3/c1-9-8-10(6-7-13(9)18)15(17(21)22)19-16(20)14-11-4-2-3-5-12(11)14/h6-8,11-12,14-15H,2-5H2,1H3,(H,19,20)(H,21,22). The summed E-state index contributed by atoms with van der Waals surface area (Å²) >= 11 is 0. The molecule has 2 fully saturated rings. The summed E-state index contributed by atoms with van der Waals surface area (Å²) in [4.78, 5) is 23.8. The summed E-state index contributed by atoms with van der Waals surface area (Å²) < 4.78 is 13.3. The highest BCUT2D eigenvalue weighted by atomic mass is 19.1. The molecular weight excluding hydrogens is 285 g/mol. The predicted octanol–water partition coefficient (Wildman–Crippen LogP) is 2.81. The number of carbonyl (C=O) groups excluding carboxylic acids is 1. The molecule has 0 bridgehead atoms. The summed E-state index contributed by atoms with van der Waals surface area (Å²) in [5.74, 6) is -0.858. The van der Waals surface area contributed by atoms with E-state index in [2.05, 4.69) is 5.32 Å². The summed E-state index contributed by atoms with van der Waals surface area (Å²) in [5.41, 5.74) is 0.779. The van der Waals surface area contributed by atoms with E-state index in [0.29, 0.717) is 23.0 Å². The SMILES string of the molecule is Cc1cc(C(NC(=O)C2C3CCCCC32)C(=O)O)ccc1F. The monoisotopic (exact) mass is 305 g/mol. The number of aryl methyl sites for hydroxylation is 1. The molecule has 0 heterocycles. The topological polar surface area (TPSA) is 66.4 Å². The third kappa shape index (κ3) is 2.72. The van der Waals surface area contributed by atoms with E-state index in [4.69, 9.17) is 0 Å². The Labute approximate surface area is 128 Å². The number of hydrogen-bond acceptors (Lipinski definition) is 2. The van der Waals surface area contributed by atoms with Crippen LogP contribution in [0.4, 0.5) is 4.39 Å². The van der Waals surface area contributed by atoms with E-state index in [1.165, 1.54) is 18.2 Å². The molecule has 3 atom stereocenters. The number of fused-ring (bicyclic) bond motifs is 1. The minimum Gasteiger partial charge on any atom is -0.479 e. The average Bonchev–Trinajstić information content (AvgIpc) is 3.21. The zero-order valence-electron chi connectivity index (χ0n) is 12.5. The van der Waals surface area contributed by atoms with Crippen LogP contribution in [-0.2, 0) is 9.59 Å². The van der Waals surface area contributed by atoms with Gasteiger partial charge in [-0.1, -0.05) is 25.0 Å². The molecule has 22 heavy (non-hydrogen) atoms. The molecule has 5 heteroatoms. The molecule has 2 N–H and O–H groups in total. The lowest BCUT2D eigenvalue weighted by Crippen LogP contribution is -2.35. The van der Waals surface area contributed by atoms with E-state index in [1.54, 1.807) is 6.92 Å². The maximum absolute atomic E-state index is 13.3. The van der Waals surface area contributed by atoms with Gasteiger partial charge in [0.05, 0.1) is 0 Å². The lowest BCUT2D eigenvalue weighted by Gasteiger charge is -2.16. The molecule has 0 aromatic heterocycles. The minimum atomic E-state index is -1.12.